The van der Waals surface area contributed by atoms with Crippen LogP contribution in [0, 0.1) is 0 Å². The van der Waals surface area contributed by atoms with Gasteiger partial charge in [0.25, 0.3) is 35.4 Å². The quantitative estimate of drug-likeness (QED) is 0.159. The van der Waals surface area contributed by atoms with Crippen LogP contribution in [0.15, 0.2) is 29.3 Å². The number of carbonyl (C=O) groups excluding carboxylic acids is 7. The third-order valence-corrected chi connectivity index (χ3v) is 5.36. The Morgan fingerprint density at radius 3 is 1.72 bits per heavy atom. The smallest absolute Gasteiger partial charge is 0.330 e. The normalized spacial score (nSPS) is 16.6. The first-order valence-corrected chi connectivity index (χ1v) is 11.8. The van der Waals surface area contributed by atoms with Gasteiger partial charge in [0.05, 0.1) is 5.16 Å². The second-order valence-electron chi connectivity index (χ2n) is 7.86. The van der Waals surface area contributed by atoms with E-state index >= 15 is 0 Å². The van der Waals surface area contributed by atoms with E-state index in [0.29, 0.717) is 44.0 Å². The summed E-state index contributed by atoms with van der Waals surface area (Å²) in [7, 11) is 0. The minimum Gasteiger partial charge on any atom is -0.330 e. The maximum absolute atomic E-state index is 11.5. The Kier molecular flexibility index (Phi) is 11.5. The van der Waals surface area contributed by atoms with Crippen LogP contribution in [0.2, 0.25) is 0 Å². The average Bonchev–Trinajstić information content (AvgIpc) is 3.46. The third kappa shape index (κ3) is 8.75. The Morgan fingerprint density at radius 2 is 1.25 bits per heavy atom. The largest absolute Gasteiger partial charge is 0.333 e. The van der Waals surface area contributed by atoms with Crippen molar-refractivity contribution in [2.24, 2.45) is 4.99 Å². The standard InChI is InChI=1S/C14H16N2O6.C9H10N2O2S/c17-10-5-6-11(18)15(10)9-3-1-2-4-14(21)22-16-12(19)7-8-13(16)20;12-8-3-4-9(13)11(8)6-2-1-5-10-7-14/h5-6H,1-4,7-9H2;3-4H,1-2,5-6H2. The van der Waals surface area contributed by atoms with Crippen molar-refractivity contribution in [2.75, 3.05) is 19.6 Å². The molecule has 13 heteroatoms. The molecule has 0 aliphatic carbocycles. The molecular weight excluding hydrogens is 492 g/mol. The molecule has 0 saturated carbocycles. The lowest BCUT2D eigenvalue weighted by atomic mass is 10.2. The van der Waals surface area contributed by atoms with Crippen LogP contribution in [0.5, 0.6) is 0 Å². The van der Waals surface area contributed by atoms with Crippen molar-refractivity contribution in [2.45, 2.75) is 51.4 Å². The molecule has 0 radical (unpaired) electrons. The van der Waals surface area contributed by atoms with Gasteiger partial charge in [-0.15, -0.1) is 5.06 Å². The lowest BCUT2D eigenvalue weighted by Crippen LogP contribution is -2.32. The van der Waals surface area contributed by atoms with E-state index in [-0.39, 0.29) is 42.9 Å². The van der Waals surface area contributed by atoms with Crippen molar-refractivity contribution < 1.29 is 38.4 Å². The van der Waals surface area contributed by atoms with Crippen molar-refractivity contribution >= 4 is 58.8 Å². The molecule has 0 atom stereocenters. The van der Waals surface area contributed by atoms with E-state index in [4.69, 9.17) is 4.84 Å². The molecule has 0 bridgehead atoms. The van der Waals surface area contributed by atoms with E-state index in [1.165, 1.54) is 29.2 Å². The minimum absolute atomic E-state index is 0.0667. The van der Waals surface area contributed by atoms with Crippen LogP contribution < -0.4 is 0 Å². The molecule has 36 heavy (non-hydrogen) atoms. The van der Waals surface area contributed by atoms with Crippen LogP contribution in [0.25, 0.3) is 0 Å². The molecule has 1 saturated heterocycles. The Labute approximate surface area is 212 Å². The number of rotatable bonds is 12. The van der Waals surface area contributed by atoms with Gasteiger partial charge in [0.15, 0.2) is 0 Å². The first-order valence-electron chi connectivity index (χ1n) is 11.4. The molecule has 192 valence electrons. The van der Waals surface area contributed by atoms with Gasteiger partial charge in [-0.25, -0.2) is 9.79 Å². The summed E-state index contributed by atoms with van der Waals surface area (Å²) >= 11 is 4.40. The number of carbonyl (C=O) groups is 7. The zero-order valence-corrected chi connectivity index (χ0v) is 20.4. The topological polar surface area (TPSA) is 151 Å². The van der Waals surface area contributed by atoms with Crippen LogP contribution in [-0.2, 0) is 38.4 Å². The van der Waals surface area contributed by atoms with E-state index in [2.05, 4.69) is 22.4 Å². The van der Waals surface area contributed by atoms with Gasteiger partial charge in [-0.05, 0) is 37.9 Å². The lowest BCUT2D eigenvalue weighted by molar-refractivity contribution is -0.197. The predicted octanol–water partition coefficient (Wildman–Crippen LogP) is 0.873. The maximum atomic E-state index is 11.5. The third-order valence-electron chi connectivity index (χ3n) is 5.23. The molecule has 0 aromatic carbocycles. The number of thiocarbonyl (C=S) groups is 1. The molecule has 3 heterocycles. The van der Waals surface area contributed by atoms with Crippen LogP contribution in [-0.4, -0.2) is 81.1 Å². The number of isothiocyanates is 1. The fourth-order valence-corrected chi connectivity index (χ4v) is 3.42. The van der Waals surface area contributed by atoms with Crippen molar-refractivity contribution in [3.63, 3.8) is 0 Å². The van der Waals surface area contributed by atoms with E-state index in [1.807, 2.05) is 0 Å². The second-order valence-corrected chi connectivity index (χ2v) is 8.04. The first kappa shape index (κ1) is 28.4. The summed E-state index contributed by atoms with van der Waals surface area (Å²) in [6.45, 7) is 1.37. The summed E-state index contributed by atoms with van der Waals surface area (Å²) in [4.78, 5) is 89.6. The molecule has 0 aromatic heterocycles. The summed E-state index contributed by atoms with van der Waals surface area (Å²) in [6, 6.07) is 0. The molecule has 3 aliphatic heterocycles. The Bertz CT molecular complexity index is 979. The molecule has 12 nitrogen and oxygen atoms in total. The highest BCUT2D eigenvalue weighted by Gasteiger charge is 2.32. The molecule has 0 aromatic rings. The van der Waals surface area contributed by atoms with Crippen LogP contribution >= 0.6 is 12.2 Å². The van der Waals surface area contributed by atoms with Gasteiger partial charge in [0.1, 0.15) is 0 Å². The Morgan fingerprint density at radius 1 is 0.778 bits per heavy atom. The number of hydrogen-bond donors (Lipinski definition) is 0. The summed E-state index contributed by atoms with van der Waals surface area (Å²) < 4.78 is 0. The predicted molar refractivity (Wildman–Crippen MR) is 126 cm³/mol. The summed E-state index contributed by atoms with van der Waals surface area (Å²) in [5.41, 5.74) is 0. The SMILES string of the molecule is O=C(CCCCCN1C(=O)C=CC1=O)ON1C(=O)CCC1=O.O=C1C=CC(=O)N1CCCCN=C=S. The number of aliphatic imine (C=N–C) groups is 1. The molecule has 0 unspecified atom stereocenters. The van der Waals surface area contributed by atoms with Crippen molar-refractivity contribution in [1.29, 1.82) is 0 Å². The molecular formula is C23H26N4O8S. The first-order chi connectivity index (χ1) is 17.2. The molecule has 1 fully saturated rings. The number of hydrogen-bond acceptors (Lipinski definition) is 10. The fraction of sp³-hybridized carbons (Fsp3) is 0.478. The van der Waals surface area contributed by atoms with Gasteiger partial charge < -0.3 is 4.84 Å². The van der Waals surface area contributed by atoms with Crippen molar-refractivity contribution in [3.05, 3.63) is 24.3 Å². The van der Waals surface area contributed by atoms with E-state index < -0.39 is 17.8 Å². The van der Waals surface area contributed by atoms with Gasteiger partial charge in [-0.3, -0.25) is 38.6 Å². The van der Waals surface area contributed by atoms with Crippen molar-refractivity contribution in [1.82, 2.24) is 14.9 Å². The zero-order chi connectivity index (χ0) is 26.5. The molecule has 0 N–H and O–H groups in total. The number of nitrogens with zero attached hydrogens (tertiary/aromatic N) is 4. The highest BCUT2D eigenvalue weighted by molar-refractivity contribution is 7.78. The number of amides is 6. The van der Waals surface area contributed by atoms with Gasteiger partial charge in [-0.2, -0.15) is 0 Å². The van der Waals surface area contributed by atoms with Crippen LogP contribution in [0.3, 0.4) is 0 Å². The van der Waals surface area contributed by atoms with Gasteiger partial charge in [0.2, 0.25) is 0 Å². The zero-order valence-electron chi connectivity index (χ0n) is 19.6. The molecule has 0 spiro atoms. The second kappa shape index (κ2) is 14.5. The highest BCUT2D eigenvalue weighted by Crippen LogP contribution is 2.14. The van der Waals surface area contributed by atoms with Gasteiger partial charge >= 0.3 is 5.97 Å². The lowest BCUT2D eigenvalue weighted by Gasteiger charge is -2.14. The highest BCUT2D eigenvalue weighted by atomic mass is 32.1. The molecule has 3 aliphatic rings. The van der Waals surface area contributed by atoms with Crippen LogP contribution in [0.1, 0.15) is 51.4 Å². The molecule has 6 amide bonds. The Hall–Kier alpha value is -3.83. The minimum atomic E-state index is -0.640. The van der Waals surface area contributed by atoms with Crippen molar-refractivity contribution in [3.8, 4) is 0 Å². The van der Waals surface area contributed by atoms with E-state index in [0.717, 1.165) is 17.7 Å². The summed E-state index contributed by atoms with van der Waals surface area (Å²) in [5, 5.41) is 2.79. The monoisotopic (exact) mass is 518 g/mol. The van der Waals surface area contributed by atoms with Gasteiger partial charge in [-0.1, -0.05) is 6.42 Å². The van der Waals surface area contributed by atoms with Crippen LogP contribution in [0.4, 0.5) is 0 Å². The Balaban J connectivity index is 0.000000281. The maximum Gasteiger partial charge on any atom is 0.333 e. The fourth-order valence-electron chi connectivity index (χ4n) is 3.33. The summed E-state index contributed by atoms with van der Waals surface area (Å²) in [6.07, 6.45) is 8.47. The van der Waals surface area contributed by atoms with Gasteiger partial charge in [0, 0.05) is 63.2 Å². The summed E-state index contributed by atoms with van der Waals surface area (Å²) in [5.74, 6) is -2.75. The average molecular weight is 519 g/mol. The van der Waals surface area contributed by atoms with E-state index in [9.17, 15) is 33.6 Å². The number of imide groups is 3. The molecule has 3 rings (SSSR count). The number of unbranched alkanes of at least 4 members (excludes halogenated alkanes) is 3. The van der Waals surface area contributed by atoms with E-state index in [1.54, 1.807) is 0 Å². The number of hydroxylamine groups is 2.